The van der Waals surface area contributed by atoms with E-state index >= 15 is 0 Å². The molecule has 0 radical (unpaired) electrons. The predicted molar refractivity (Wildman–Crippen MR) is 76.6 cm³/mol. The molecular weight excluding hydrogens is 272 g/mol. The quantitative estimate of drug-likeness (QED) is 0.812. The van der Waals surface area contributed by atoms with E-state index in [4.69, 9.17) is 14.7 Å². The molecule has 0 aliphatic carbocycles. The lowest BCUT2D eigenvalue weighted by molar-refractivity contribution is -0.158. The Morgan fingerprint density at radius 3 is 2.43 bits per heavy atom. The van der Waals surface area contributed by atoms with Crippen molar-refractivity contribution in [2.75, 3.05) is 11.9 Å². The van der Waals surface area contributed by atoms with E-state index in [0.29, 0.717) is 11.4 Å². The van der Waals surface area contributed by atoms with E-state index in [1.807, 2.05) is 0 Å². The van der Waals surface area contributed by atoms with Gasteiger partial charge in [0.05, 0.1) is 12.7 Å². The van der Waals surface area contributed by atoms with Crippen molar-refractivity contribution in [3.05, 3.63) is 24.3 Å². The largest absolute Gasteiger partial charge is 0.476 e. The molecule has 1 N–H and O–H groups in total. The fourth-order valence-corrected chi connectivity index (χ4v) is 1.52. The van der Waals surface area contributed by atoms with Crippen molar-refractivity contribution < 1.29 is 19.1 Å². The lowest BCUT2D eigenvalue weighted by Gasteiger charge is -2.24. The van der Waals surface area contributed by atoms with E-state index in [2.05, 4.69) is 5.32 Å². The summed E-state index contributed by atoms with van der Waals surface area (Å²) in [6.45, 7) is 5.25. The number of rotatable bonds is 6. The maximum atomic E-state index is 11.7. The molecule has 1 rings (SSSR count). The van der Waals surface area contributed by atoms with Crippen LogP contribution in [-0.4, -0.2) is 24.1 Å². The van der Waals surface area contributed by atoms with Gasteiger partial charge in [0.2, 0.25) is 5.91 Å². The molecule has 0 spiro atoms. The fourth-order valence-electron chi connectivity index (χ4n) is 1.52. The predicted octanol–water partition coefficient (Wildman–Crippen LogP) is 2.26. The molecule has 0 unspecified atom stereocenters. The highest BCUT2D eigenvalue weighted by Crippen LogP contribution is 2.21. The Kier molecular flexibility index (Phi) is 5.73. The van der Waals surface area contributed by atoms with Crippen LogP contribution in [0.5, 0.6) is 5.75 Å². The lowest BCUT2D eigenvalue weighted by Crippen LogP contribution is -2.39. The van der Waals surface area contributed by atoms with Gasteiger partial charge in [-0.15, -0.1) is 0 Å². The second-order valence-corrected chi connectivity index (χ2v) is 4.74. The van der Waals surface area contributed by atoms with Crippen LogP contribution in [0.3, 0.4) is 0 Å². The van der Waals surface area contributed by atoms with Gasteiger partial charge in [-0.1, -0.05) is 0 Å². The van der Waals surface area contributed by atoms with Crippen LogP contribution in [0.15, 0.2) is 24.3 Å². The first-order chi connectivity index (χ1) is 9.89. The number of carbonyl (C=O) groups excluding carboxylic acids is 2. The number of anilines is 1. The summed E-state index contributed by atoms with van der Waals surface area (Å²) >= 11 is 0. The molecule has 0 atom stereocenters. The van der Waals surface area contributed by atoms with E-state index in [1.165, 1.54) is 0 Å². The zero-order chi connectivity index (χ0) is 15.9. The summed E-state index contributed by atoms with van der Waals surface area (Å²) in [5.41, 5.74) is -0.543. The molecular formula is C15H18N2O4. The highest BCUT2D eigenvalue weighted by Gasteiger charge is 2.31. The van der Waals surface area contributed by atoms with Crippen LogP contribution in [0.2, 0.25) is 0 Å². The minimum atomic E-state index is -1.10. The molecule has 21 heavy (non-hydrogen) atoms. The lowest BCUT2D eigenvalue weighted by atomic mass is 10.1. The van der Waals surface area contributed by atoms with Gasteiger partial charge in [-0.3, -0.25) is 4.79 Å². The number of nitrogens with one attached hydrogen (secondary N) is 1. The first-order valence-electron chi connectivity index (χ1n) is 6.52. The van der Waals surface area contributed by atoms with Gasteiger partial charge in [-0.25, -0.2) is 4.79 Å². The van der Waals surface area contributed by atoms with Crippen molar-refractivity contribution in [1.29, 1.82) is 5.26 Å². The Balaban J connectivity index is 2.68. The first-order valence-corrected chi connectivity index (χ1v) is 6.52. The van der Waals surface area contributed by atoms with Crippen molar-refractivity contribution in [2.45, 2.75) is 32.8 Å². The van der Waals surface area contributed by atoms with E-state index in [-0.39, 0.29) is 18.9 Å². The Bertz CT molecular complexity index is 544. The molecule has 0 aliphatic rings. The summed E-state index contributed by atoms with van der Waals surface area (Å²) in [4.78, 5) is 23.0. The summed E-state index contributed by atoms with van der Waals surface area (Å²) in [7, 11) is 0. The van der Waals surface area contributed by atoms with Gasteiger partial charge >= 0.3 is 5.97 Å². The van der Waals surface area contributed by atoms with Crippen LogP contribution in [0, 0.1) is 11.3 Å². The van der Waals surface area contributed by atoms with Gasteiger partial charge in [0.25, 0.3) is 0 Å². The highest BCUT2D eigenvalue weighted by atomic mass is 16.6. The van der Waals surface area contributed by atoms with Crippen molar-refractivity contribution in [3.63, 3.8) is 0 Å². The summed E-state index contributed by atoms with van der Waals surface area (Å²) in [5, 5.41) is 11.0. The average Bonchev–Trinajstić information content (AvgIpc) is 2.41. The van der Waals surface area contributed by atoms with E-state index < -0.39 is 11.6 Å². The van der Waals surface area contributed by atoms with E-state index in [9.17, 15) is 9.59 Å². The van der Waals surface area contributed by atoms with Crippen LogP contribution in [-0.2, 0) is 14.3 Å². The van der Waals surface area contributed by atoms with Crippen LogP contribution < -0.4 is 10.1 Å². The topological polar surface area (TPSA) is 88.4 Å². The second-order valence-electron chi connectivity index (χ2n) is 4.74. The van der Waals surface area contributed by atoms with Gasteiger partial charge in [0.15, 0.2) is 5.60 Å². The molecule has 0 saturated heterocycles. The second kappa shape index (κ2) is 7.29. The summed E-state index contributed by atoms with van der Waals surface area (Å²) in [5.74, 6) is -0.347. The van der Waals surface area contributed by atoms with Crippen molar-refractivity contribution >= 4 is 17.6 Å². The van der Waals surface area contributed by atoms with Crippen LogP contribution in [0.25, 0.3) is 0 Å². The number of carbonyl (C=O) groups is 2. The number of esters is 1. The third-order valence-electron chi connectivity index (χ3n) is 2.52. The SMILES string of the molecule is CCOC(=O)C(C)(C)Oc1ccc(NC(=O)CC#N)cc1. The molecule has 0 fully saturated rings. The molecule has 6 nitrogen and oxygen atoms in total. The number of hydrogen-bond acceptors (Lipinski definition) is 5. The van der Waals surface area contributed by atoms with Gasteiger partial charge in [-0.2, -0.15) is 5.26 Å². The minimum Gasteiger partial charge on any atom is -0.476 e. The molecule has 112 valence electrons. The Morgan fingerprint density at radius 1 is 1.29 bits per heavy atom. The zero-order valence-electron chi connectivity index (χ0n) is 12.3. The fraction of sp³-hybridized carbons (Fsp3) is 0.400. The molecule has 0 bridgehead atoms. The highest BCUT2D eigenvalue weighted by molar-refractivity contribution is 5.92. The van der Waals surface area contributed by atoms with E-state index in [0.717, 1.165) is 0 Å². The summed E-state index contributed by atoms with van der Waals surface area (Å²) < 4.78 is 10.5. The van der Waals surface area contributed by atoms with Crippen LogP contribution in [0.1, 0.15) is 27.2 Å². The smallest absolute Gasteiger partial charge is 0.349 e. The number of nitriles is 1. The number of hydrogen-bond donors (Lipinski definition) is 1. The third kappa shape index (κ3) is 5.15. The average molecular weight is 290 g/mol. The number of amides is 1. The molecule has 0 heterocycles. The molecule has 0 aliphatic heterocycles. The molecule has 1 amide bonds. The van der Waals surface area contributed by atoms with E-state index in [1.54, 1.807) is 51.1 Å². The summed E-state index contributed by atoms with van der Waals surface area (Å²) in [6, 6.07) is 8.28. The number of nitrogens with zero attached hydrogens (tertiary/aromatic N) is 1. The molecule has 6 heteroatoms. The Morgan fingerprint density at radius 2 is 1.90 bits per heavy atom. The number of benzene rings is 1. The van der Waals surface area contributed by atoms with Gasteiger partial charge in [0.1, 0.15) is 12.2 Å². The standard InChI is InChI=1S/C15H18N2O4/c1-4-20-14(19)15(2,3)21-12-7-5-11(6-8-12)17-13(18)9-10-16/h5-8H,4,9H2,1-3H3,(H,17,18). The molecule has 1 aromatic rings. The van der Waals surface area contributed by atoms with Gasteiger partial charge in [-0.05, 0) is 45.0 Å². The minimum absolute atomic E-state index is 0.200. The molecule has 1 aromatic carbocycles. The third-order valence-corrected chi connectivity index (χ3v) is 2.52. The maximum Gasteiger partial charge on any atom is 0.349 e. The van der Waals surface area contributed by atoms with Crippen molar-refractivity contribution in [2.24, 2.45) is 0 Å². The monoisotopic (exact) mass is 290 g/mol. The van der Waals surface area contributed by atoms with Gasteiger partial charge in [0, 0.05) is 5.69 Å². The van der Waals surface area contributed by atoms with Crippen molar-refractivity contribution in [1.82, 2.24) is 0 Å². The molecule has 0 saturated carbocycles. The van der Waals surface area contributed by atoms with Crippen molar-refractivity contribution in [3.8, 4) is 11.8 Å². The van der Waals surface area contributed by atoms with Crippen LogP contribution >= 0.6 is 0 Å². The van der Waals surface area contributed by atoms with Gasteiger partial charge < -0.3 is 14.8 Å². The summed E-state index contributed by atoms with van der Waals surface area (Å²) in [6.07, 6.45) is -0.200. The Labute approximate surface area is 123 Å². The normalized spacial score (nSPS) is 10.4. The number of ether oxygens (including phenoxy) is 2. The maximum absolute atomic E-state index is 11.7. The zero-order valence-corrected chi connectivity index (χ0v) is 12.3. The Hall–Kier alpha value is -2.55. The molecule has 0 aromatic heterocycles. The van der Waals surface area contributed by atoms with Crippen LogP contribution in [0.4, 0.5) is 5.69 Å². The first kappa shape index (κ1) is 16.5.